The Bertz CT molecular complexity index is 861. The first-order chi connectivity index (χ1) is 10.0. The van der Waals surface area contributed by atoms with Crippen LogP contribution < -0.4 is 11.3 Å². The highest BCUT2D eigenvalue weighted by atomic mass is 79.9. The van der Waals surface area contributed by atoms with Crippen molar-refractivity contribution in [2.45, 2.75) is 5.33 Å². The van der Waals surface area contributed by atoms with E-state index in [4.69, 9.17) is 5.73 Å². The zero-order valence-corrected chi connectivity index (χ0v) is 12.2. The molecule has 0 saturated carbocycles. The third-order valence-electron chi connectivity index (χ3n) is 2.96. The fraction of sp³-hybridized carbons (Fsp3) is 0.0714. The summed E-state index contributed by atoms with van der Waals surface area (Å²) in [4.78, 5) is 14.1. The first-order valence-corrected chi connectivity index (χ1v) is 6.87. The molecule has 104 valence electrons. The Morgan fingerprint density at radius 3 is 2.48 bits per heavy atom. The van der Waals surface area contributed by atoms with Crippen molar-refractivity contribution in [2.24, 2.45) is 0 Å². The van der Waals surface area contributed by atoms with Gasteiger partial charge in [0.05, 0.1) is 0 Å². The number of alkyl halides is 1. The molecule has 0 aliphatic rings. The number of benzene rings is 1. The molecule has 0 saturated heterocycles. The maximum atomic E-state index is 14.2. The van der Waals surface area contributed by atoms with Gasteiger partial charge in [-0.1, -0.05) is 28.1 Å². The van der Waals surface area contributed by atoms with Crippen molar-refractivity contribution in [3.05, 3.63) is 51.1 Å². The van der Waals surface area contributed by atoms with Crippen LogP contribution in [0.15, 0.2) is 23.0 Å². The minimum absolute atomic E-state index is 0.0280. The number of aromatic nitrogens is 1. The van der Waals surface area contributed by atoms with Crippen LogP contribution in [-0.4, -0.2) is 4.98 Å². The Balaban J connectivity index is 3.05. The molecular weight excluding hydrogens is 339 g/mol. The maximum Gasteiger partial charge on any atom is 0.268 e. The molecule has 3 N–H and O–H groups in total. The lowest BCUT2D eigenvalue weighted by Gasteiger charge is -2.13. The molecule has 2 aromatic rings. The molecular formula is C14H8BrFN4O. The number of hydrogen-bond acceptors (Lipinski definition) is 4. The van der Waals surface area contributed by atoms with Crippen molar-refractivity contribution in [1.82, 2.24) is 4.98 Å². The van der Waals surface area contributed by atoms with E-state index < -0.39 is 11.4 Å². The molecule has 0 atom stereocenters. The number of nitrogens with two attached hydrogens (primary N) is 1. The number of aromatic amines is 1. The molecule has 21 heavy (non-hydrogen) atoms. The van der Waals surface area contributed by atoms with Gasteiger partial charge in [0.2, 0.25) is 0 Å². The predicted molar refractivity (Wildman–Crippen MR) is 78.9 cm³/mol. The molecule has 0 aliphatic heterocycles. The molecule has 1 heterocycles. The Morgan fingerprint density at radius 1 is 1.24 bits per heavy atom. The highest BCUT2D eigenvalue weighted by Gasteiger charge is 2.22. The summed E-state index contributed by atoms with van der Waals surface area (Å²) >= 11 is 3.22. The summed E-state index contributed by atoms with van der Waals surface area (Å²) in [7, 11) is 0. The number of rotatable bonds is 2. The Hall–Kier alpha value is -2.64. The van der Waals surface area contributed by atoms with E-state index in [2.05, 4.69) is 20.9 Å². The molecule has 0 aliphatic carbocycles. The topological polar surface area (TPSA) is 106 Å². The van der Waals surface area contributed by atoms with Gasteiger partial charge in [0.25, 0.3) is 5.56 Å². The van der Waals surface area contributed by atoms with Gasteiger partial charge in [-0.2, -0.15) is 10.5 Å². The van der Waals surface area contributed by atoms with Crippen molar-refractivity contribution < 1.29 is 4.39 Å². The van der Waals surface area contributed by atoms with Crippen LogP contribution in [0.1, 0.15) is 16.7 Å². The van der Waals surface area contributed by atoms with Gasteiger partial charge in [-0.25, -0.2) is 4.39 Å². The quantitative estimate of drug-likeness (QED) is 0.814. The normalized spacial score (nSPS) is 9.90. The first kappa shape index (κ1) is 14.8. The summed E-state index contributed by atoms with van der Waals surface area (Å²) in [6.45, 7) is 0. The molecule has 0 fully saturated rings. The Morgan fingerprint density at radius 2 is 1.90 bits per heavy atom. The third-order valence-corrected chi connectivity index (χ3v) is 3.57. The van der Waals surface area contributed by atoms with Crippen LogP contribution in [0.4, 0.5) is 10.2 Å². The molecule has 5 nitrogen and oxygen atoms in total. The monoisotopic (exact) mass is 346 g/mol. The molecule has 1 aromatic heterocycles. The molecule has 0 spiro atoms. The van der Waals surface area contributed by atoms with Gasteiger partial charge in [-0.15, -0.1) is 0 Å². The van der Waals surface area contributed by atoms with E-state index in [0.29, 0.717) is 10.9 Å². The van der Waals surface area contributed by atoms with Crippen molar-refractivity contribution in [1.29, 1.82) is 10.5 Å². The number of H-pyrrole nitrogens is 1. The number of anilines is 1. The largest absolute Gasteiger partial charge is 0.384 e. The average Bonchev–Trinajstić information content (AvgIpc) is 2.46. The van der Waals surface area contributed by atoms with Crippen molar-refractivity contribution in [3.63, 3.8) is 0 Å². The van der Waals surface area contributed by atoms with Crippen molar-refractivity contribution >= 4 is 21.7 Å². The predicted octanol–water partition coefficient (Wildman–Crippen LogP) is 2.40. The van der Waals surface area contributed by atoms with Crippen LogP contribution in [-0.2, 0) is 5.33 Å². The van der Waals surface area contributed by atoms with Gasteiger partial charge in [0, 0.05) is 16.5 Å². The van der Waals surface area contributed by atoms with E-state index in [1.165, 1.54) is 12.1 Å². The average molecular weight is 347 g/mol. The minimum atomic E-state index is -0.757. The van der Waals surface area contributed by atoms with Crippen LogP contribution in [0.5, 0.6) is 0 Å². The zero-order chi connectivity index (χ0) is 15.6. The molecule has 0 unspecified atom stereocenters. The fourth-order valence-electron chi connectivity index (χ4n) is 2.05. The van der Waals surface area contributed by atoms with E-state index in [1.54, 1.807) is 12.1 Å². The number of halogens is 2. The second kappa shape index (κ2) is 5.78. The standard InChI is InChI=1S/C14H8BrFN4O/c15-4-7-2-1-3-10(16)11(7)12-8(5-17)13(19)20-14(21)9(12)6-18/h1-3H,4H2,(H3,19,20,21). The summed E-state index contributed by atoms with van der Waals surface area (Å²) < 4.78 is 14.2. The highest BCUT2D eigenvalue weighted by molar-refractivity contribution is 9.08. The smallest absolute Gasteiger partial charge is 0.268 e. The SMILES string of the molecule is N#Cc1c(N)[nH]c(=O)c(C#N)c1-c1c(F)cccc1CBr. The lowest BCUT2D eigenvalue weighted by molar-refractivity contribution is 0.630. The van der Waals surface area contributed by atoms with E-state index >= 15 is 0 Å². The number of hydrogen-bond donors (Lipinski definition) is 2. The van der Waals surface area contributed by atoms with Gasteiger partial charge in [-0.3, -0.25) is 4.79 Å². The van der Waals surface area contributed by atoms with Gasteiger partial charge in [0.1, 0.15) is 34.9 Å². The molecule has 0 amide bonds. The lowest BCUT2D eigenvalue weighted by atomic mass is 9.93. The van der Waals surface area contributed by atoms with Gasteiger partial charge in [-0.05, 0) is 11.6 Å². The summed E-state index contributed by atoms with van der Waals surface area (Å²) in [6, 6.07) is 7.86. The minimum Gasteiger partial charge on any atom is -0.384 e. The Labute approximate surface area is 127 Å². The lowest BCUT2D eigenvalue weighted by Crippen LogP contribution is -2.17. The summed E-state index contributed by atoms with van der Waals surface area (Å²) in [5.41, 5.74) is 4.85. The summed E-state index contributed by atoms with van der Waals surface area (Å²) in [5, 5.41) is 18.7. The summed E-state index contributed by atoms with van der Waals surface area (Å²) in [5.74, 6) is -0.828. The number of pyridine rings is 1. The van der Waals surface area contributed by atoms with Crippen LogP contribution >= 0.6 is 15.9 Å². The second-order valence-electron chi connectivity index (χ2n) is 4.12. The number of nitrogen functional groups attached to an aromatic ring is 1. The van der Waals surface area contributed by atoms with Crippen molar-refractivity contribution in [3.8, 4) is 23.3 Å². The maximum absolute atomic E-state index is 14.2. The van der Waals surface area contributed by atoms with Crippen LogP contribution in [0.2, 0.25) is 0 Å². The Kier molecular flexibility index (Phi) is 4.06. The van der Waals surface area contributed by atoms with E-state index in [-0.39, 0.29) is 28.1 Å². The number of nitrogens with zero attached hydrogens (tertiary/aromatic N) is 2. The zero-order valence-electron chi connectivity index (χ0n) is 10.6. The van der Waals surface area contributed by atoms with Gasteiger partial charge >= 0.3 is 0 Å². The summed E-state index contributed by atoms with van der Waals surface area (Å²) in [6.07, 6.45) is 0. The van der Waals surface area contributed by atoms with E-state index in [0.717, 1.165) is 0 Å². The highest BCUT2D eigenvalue weighted by Crippen LogP contribution is 2.33. The van der Waals surface area contributed by atoms with E-state index in [1.807, 2.05) is 6.07 Å². The second-order valence-corrected chi connectivity index (χ2v) is 4.68. The molecule has 0 radical (unpaired) electrons. The molecule has 0 bridgehead atoms. The van der Waals surface area contributed by atoms with Crippen LogP contribution in [0, 0.1) is 28.5 Å². The first-order valence-electron chi connectivity index (χ1n) is 5.74. The fourth-order valence-corrected chi connectivity index (χ4v) is 2.52. The van der Waals surface area contributed by atoms with Crippen LogP contribution in [0.3, 0.4) is 0 Å². The van der Waals surface area contributed by atoms with Crippen molar-refractivity contribution in [2.75, 3.05) is 5.73 Å². The van der Waals surface area contributed by atoms with E-state index in [9.17, 15) is 19.7 Å². The van der Waals surface area contributed by atoms with Gasteiger partial charge < -0.3 is 10.7 Å². The molecule has 7 heteroatoms. The van der Waals surface area contributed by atoms with Gasteiger partial charge in [0.15, 0.2) is 0 Å². The molecule has 2 rings (SSSR count). The number of nitriles is 2. The number of nitrogens with one attached hydrogen (secondary N) is 1. The van der Waals surface area contributed by atoms with Crippen LogP contribution in [0.25, 0.3) is 11.1 Å². The molecule has 1 aromatic carbocycles. The third kappa shape index (κ3) is 2.39.